The van der Waals surface area contributed by atoms with Gasteiger partial charge >= 0.3 is 12.0 Å². The molecular formula is C15H26N2O4. The predicted molar refractivity (Wildman–Crippen MR) is 78.0 cm³/mol. The highest BCUT2D eigenvalue weighted by atomic mass is 16.5. The summed E-state index contributed by atoms with van der Waals surface area (Å²) in [6.07, 6.45) is 2.54. The van der Waals surface area contributed by atoms with Gasteiger partial charge in [0.1, 0.15) is 0 Å². The van der Waals surface area contributed by atoms with Gasteiger partial charge in [-0.05, 0) is 30.6 Å². The van der Waals surface area contributed by atoms with Crippen molar-refractivity contribution < 1.29 is 19.4 Å². The van der Waals surface area contributed by atoms with Crippen LogP contribution in [-0.2, 0) is 9.53 Å². The molecule has 0 aromatic carbocycles. The number of ether oxygens (including phenoxy) is 1. The summed E-state index contributed by atoms with van der Waals surface area (Å²) in [5.41, 5.74) is 0.0848. The summed E-state index contributed by atoms with van der Waals surface area (Å²) in [4.78, 5) is 25.1. The van der Waals surface area contributed by atoms with Crippen molar-refractivity contribution in [3.05, 3.63) is 0 Å². The smallest absolute Gasteiger partial charge is 0.317 e. The molecule has 2 heterocycles. The van der Waals surface area contributed by atoms with Gasteiger partial charge < -0.3 is 20.1 Å². The summed E-state index contributed by atoms with van der Waals surface area (Å²) >= 11 is 0. The van der Waals surface area contributed by atoms with Gasteiger partial charge in [0, 0.05) is 32.8 Å². The second-order valence-corrected chi connectivity index (χ2v) is 6.86. The van der Waals surface area contributed by atoms with Crippen molar-refractivity contribution in [1.82, 2.24) is 10.2 Å². The molecule has 0 aromatic rings. The standard InChI is InChI=1S/C15H26N2O4/c1-11-7-12(13(18)19)9-17(8-11)14(20)16-10-15(2)3-5-21-6-4-15/h11-12H,3-10H2,1-2H3,(H,16,20)(H,18,19). The molecule has 2 amide bonds. The third-order valence-electron chi connectivity index (χ3n) is 4.66. The Kier molecular flexibility index (Phi) is 5.08. The van der Waals surface area contributed by atoms with Crippen LogP contribution in [0.15, 0.2) is 0 Å². The maximum Gasteiger partial charge on any atom is 0.317 e. The van der Waals surface area contributed by atoms with Crippen LogP contribution in [0.25, 0.3) is 0 Å². The number of carboxylic acids is 1. The van der Waals surface area contributed by atoms with E-state index in [1.165, 1.54) is 0 Å². The summed E-state index contributed by atoms with van der Waals surface area (Å²) in [6.45, 7) is 7.21. The molecule has 0 bridgehead atoms. The minimum atomic E-state index is -0.809. The number of hydrogen-bond donors (Lipinski definition) is 2. The van der Waals surface area contributed by atoms with E-state index in [0.29, 0.717) is 26.1 Å². The molecular weight excluding hydrogens is 272 g/mol. The molecule has 2 fully saturated rings. The minimum absolute atomic E-state index is 0.0848. The van der Waals surface area contributed by atoms with Crippen molar-refractivity contribution in [2.24, 2.45) is 17.3 Å². The Morgan fingerprint density at radius 3 is 2.62 bits per heavy atom. The molecule has 2 aliphatic heterocycles. The molecule has 0 aliphatic carbocycles. The molecule has 2 rings (SSSR count). The molecule has 2 aliphatic rings. The molecule has 120 valence electrons. The Balaban J connectivity index is 1.86. The highest BCUT2D eigenvalue weighted by Gasteiger charge is 2.33. The van der Waals surface area contributed by atoms with Gasteiger partial charge in [0.15, 0.2) is 0 Å². The maximum atomic E-state index is 12.3. The van der Waals surface area contributed by atoms with E-state index in [0.717, 1.165) is 26.1 Å². The van der Waals surface area contributed by atoms with Gasteiger partial charge in [0.2, 0.25) is 0 Å². The molecule has 0 saturated carbocycles. The number of likely N-dealkylation sites (tertiary alicyclic amines) is 1. The highest BCUT2D eigenvalue weighted by molar-refractivity contribution is 5.76. The quantitative estimate of drug-likeness (QED) is 0.828. The summed E-state index contributed by atoms with van der Waals surface area (Å²) in [6, 6.07) is -0.138. The molecule has 6 nitrogen and oxygen atoms in total. The van der Waals surface area contributed by atoms with Gasteiger partial charge in [0.25, 0.3) is 0 Å². The monoisotopic (exact) mass is 298 g/mol. The SMILES string of the molecule is CC1CC(C(=O)O)CN(C(=O)NCC2(C)CCOCC2)C1. The summed E-state index contributed by atoms with van der Waals surface area (Å²) < 4.78 is 5.35. The summed E-state index contributed by atoms with van der Waals surface area (Å²) in [5, 5.41) is 12.1. The van der Waals surface area contributed by atoms with Crippen LogP contribution in [0.5, 0.6) is 0 Å². The van der Waals surface area contributed by atoms with E-state index in [9.17, 15) is 9.59 Å². The van der Waals surface area contributed by atoms with Crippen molar-refractivity contribution in [1.29, 1.82) is 0 Å². The molecule has 0 spiro atoms. The summed E-state index contributed by atoms with van der Waals surface area (Å²) in [7, 11) is 0. The fraction of sp³-hybridized carbons (Fsp3) is 0.867. The second-order valence-electron chi connectivity index (χ2n) is 6.86. The fourth-order valence-electron chi connectivity index (χ4n) is 3.14. The predicted octanol–water partition coefficient (Wildman–Crippen LogP) is 1.56. The third kappa shape index (κ3) is 4.33. The fourth-order valence-corrected chi connectivity index (χ4v) is 3.14. The molecule has 2 unspecified atom stereocenters. The molecule has 21 heavy (non-hydrogen) atoms. The Labute approximate surface area is 125 Å². The number of piperidine rings is 1. The van der Waals surface area contributed by atoms with Crippen LogP contribution in [-0.4, -0.2) is 54.9 Å². The Hall–Kier alpha value is -1.30. The number of nitrogens with zero attached hydrogens (tertiary/aromatic N) is 1. The number of hydrogen-bond acceptors (Lipinski definition) is 3. The number of rotatable bonds is 3. The van der Waals surface area contributed by atoms with Crippen LogP contribution in [0.1, 0.15) is 33.1 Å². The number of urea groups is 1. The largest absolute Gasteiger partial charge is 0.481 e. The van der Waals surface area contributed by atoms with Gasteiger partial charge in [-0.3, -0.25) is 4.79 Å². The zero-order chi connectivity index (χ0) is 15.5. The van der Waals surface area contributed by atoms with Crippen molar-refractivity contribution in [2.75, 3.05) is 32.8 Å². The number of carbonyl (C=O) groups excluding carboxylic acids is 1. The molecule has 0 aromatic heterocycles. The Bertz CT molecular complexity index is 393. The van der Waals surface area contributed by atoms with Crippen molar-refractivity contribution in [2.45, 2.75) is 33.1 Å². The van der Waals surface area contributed by atoms with Crippen LogP contribution in [0, 0.1) is 17.3 Å². The van der Waals surface area contributed by atoms with Crippen molar-refractivity contribution in [3.63, 3.8) is 0 Å². The number of nitrogens with one attached hydrogen (secondary N) is 1. The Morgan fingerprint density at radius 2 is 2.00 bits per heavy atom. The third-order valence-corrected chi connectivity index (χ3v) is 4.66. The zero-order valence-electron chi connectivity index (χ0n) is 12.9. The van der Waals surface area contributed by atoms with Gasteiger partial charge in [0.05, 0.1) is 5.92 Å². The summed E-state index contributed by atoms with van der Waals surface area (Å²) in [5.74, 6) is -1.03. The van der Waals surface area contributed by atoms with E-state index in [4.69, 9.17) is 9.84 Å². The average Bonchev–Trinajstić information content (AvgIpc) is 2.45. The van der Waals surface area contributed by atoms with Gasteiger partial charge in [-0.2, -0.15) is 0 Å². The molecule has 6 heteroatoms. The van der Waals surface area contributed by atoms with E-state index in [2.05, 4.69) is 12.2 Å². The molecule has 0 radical (unpaired) electrons. The number of aliphatic carboxylic acids is 1. The lowest BCUT2D eigenvalue weighted by molar-refractivity contribution is -0.143. The van der Waals surface area contributed by atoms with Crippen LogP contribution in [0.3, 0.4) is 0 Å². The minimum Gasteiger partial charge on any atom is -0.481 e. The van der Waals surface area contributed by atoms with E-state index >= 15 is 0 Å². The first-order valence-electron chi connectivity index (χ1n) is 7.73. The number of carbonyl (C=O) groups is 2. The first-order chi connectivity index (χ1) is 9.89. The average molecular weight is 298 g/mol. The molecule has 2 N–H and O–H groups in total. The van der Waals surface area contributed by atoms with Gasteiger partial charge in [-0.1, -0.05) is 13.8 Å². The lowest BCUT2D eigenvalue weighted by atomic mass is 9.82. The molecule has 2 atom stereocenters. The van der Waals surface area contributed by atoms with E-state index in [-0.39, 0.29) is 17.4 Å². The maximum absolute atomic E-state index is 12.3. The van der Waals surface area contributed by atoms with E-state index in [1.54, 1.807) is 4.90 Å². The second kappa shape index (κ2) is 6.64. The number of amides is 2. The Morgan fingerprint density at radius 1 is 1.33 bits per heavy atom. The van der Waals surface area contributed by atoms with Crippen molar-refractivity contribution >= 4 is 12.0 Å². The lowest BCUT2D eigenvalue weighted by Gasteiger charge is -2.37. The van der Waals surface area contributed by atoms with Crippen LogP contribution in [0.2, 0.25) is 0 Å². The van der Waals surface area contributed by atoms with Gasteiger partial charge in [-0.25, -0.2) is 4.79 Å². The van der Waals surface area contributed by atoms with Crippen LogP contribution < -0.4 is 5.32 Å². The van der Waals surface area contributed by atoms with Gasteiger partial charge in [-0.15, -0.1) is 0 Å². The lowest BCUT2D eigenvalue weighted by Crippen LogP contribution is -2.51. The first kappa shape index (κ1) is 16.1. The van der Waals surface area contributed by atoms with E-state index in [1.807, 2.05) is 6.92 Å². The topological polar surface area (TPSA) is 78.9 Å². The zero-order valence-corrected chi connectivity index (χ0v) is 12.9. The highest BCUT2D eigenvalue weighted by Crippen LogP contribution is 2.29. The first-order valence-corrected chi connectivity index (χ1v) is 7.73. The van der Waals surface area contributed by atoms with Crippen molar-refractivity contribution in [3.8, 4) is 0 Å². The van der Waals surface area contributed by atoms with Crippen LogP contribution >= 0.6 is 0 Å². The normalized spacial score (nSPS) is 29.0. The van der Waals surface area contributed by atoms with E-state index < -0.39 is 11.9 Å². The van der Waals surface area contributed by atoms with Crippen LogP contribution in [0.4, 0.5) is 4.79 Å². The number of carboxylic acid groups (broad SMARTS) is 1. The molecule has 2 saturated heterocycles.